The third-order valence-corrected chi connectivity index (χ3v) is 3.76. The normalized spacial score (nSPS) is 10.8. The lowest BCUT2D eigenvalue weighted by atomic mass is 10.0. The van der Waals surface area contributed by atoms with Crippen molar-refractivity contribution in [3.05, 3.63) is 71.7 Å². The minimum atomic E-state index is -0.565. The van der Waals surface area contributed by atoms with E-state index >= 15 is 0 Å². The van der Waals surface area contributed by atoms with Crippen LogP contribution in [-0.2, 0) is 16.1 Å². The highest BCUT2D eigenvalue weighted by Gasteiger charge is 2.20. The van der Waals surface area contributed by atoms with Crippen LogP contribution in [0.4, 0.5) is 4.39 Å². The summed E-state index contributed by atoms with van der Waals surface area (Å²) < 4.78 is 20.6. The minimum Gasteiger partial charge on any atom is -0.465 e. The molecule has 0 radical (unpaired) electrons. The Labute approximate surface area is 138 Å². The minimum absolute atomic E-state index is 0.00109. The smallest absolute Gasteiger partial charge is 0.325 e. The Morgan fingerprint density at radius 3 is 2.50 bits per heavy atom. The molecule has 0 saturated heterocycles. The molecule has 4 nitrogen and oxygen atoms in total. The van der Waals surface area contributed by atoms with Gasteiger partial charge in [0, 0.05) is 22.7 Å². The average molecular weight is 325 g/mol. The Balaban J connectivity index is 2.07. The van der Waals surface area contributed by atoms with E-state index in [-0.39, 0.29) is 18.1 Å². The van der Waals surface area contributed by atoms with Gasteiger partial charge >= 0.3 is 5.97 Å². The second-order valence-electron chi connectivity index (χ2n) is 5.30. The molecule has 0 N–H and O–H groups in total. The quantitative estimate of drug-likeness (QED) is 0.532. The fraction of sp³-hybridized carbons (Fsp3) is 0.158. The number of esters is 1. The predicted octanol–water partition coefficient (Wildman–Crippen LogP) is 3.57. The Bertz CT molecular complexity index is 914. The van der Waals surface area contributed by atoms with Crippen LogP contribution in [0.3, 0.4) is 0 Å². The van der Waals surface area contributed by atoms with E-state index in [4.69, 9.17) is 4.74 Å². The van der Waals surface area contributed by atoms with Gasteiger partial charge in [-0.15, -0.1) is 0 Å². The van der Waals surface area contributed by atoms with Crippen molar-refractivity contribution in [3.63, 3.8) is 0 Å². The summed E-state index contributed by atoms with van der Waals surface area (Å²) in [4.78, 5) is 24.5. The molecule has 3 aromatic rings. The number of rotatable bonds is 5. The number of hydrogen-bond acceptors (Lipinski definition) is 3. The lowest BCUT2D eigenvalue weighted by molar-refractivity contribution is -0.143. The Kier molecular flexibility index (Phi) is 4.42. The number of ketones is 1. The van der Waals surface area contributed by atoms with Crippen molar-refractivity contribution in [1.29, 1.82) is 0 Å². The lowest BCUT2D eigenvalue weighted by Crippen LogP contribution is -2.12. The van der Waals surface area contributed by atoms with Crippen LogP contribution in [0.15, 0.2) is 54.7 Å². The maximum absolute atomic E-state index is 13.9. The van der Waals surface area contributed by atoms with Crippen molar-refractivity contribution >= 4 is 22.7 Å². The zero-order chi connectivity index (χ0) is 17.1. The molecule has 122 valence electrons. The van der Waals surface area contributed by atoms with Crippen molar-refractivity contribution in [3.8, 4) is 0 Å². The van der Waals surface area contributed by atoms with Gasteiger partial charge in [-0.05, 0) is 25.1 Å². The number of carbonyl (C=O) groups excluding carboxylic acids is 2. The summed E-state index contributed by atoms with van der Waals surface area (Å²) in [7, 11) is 0. The van der Waals surface area contributed by atoms with Crippen LogP contribution in [-0.4, -0.2) is 22.9 Å². The molecule has 1 heterocycles. The summed E-state index contributed by atoms with van der Waals surface area (Å²) in [5, 5.41) is 0.676. The first-order valence-electron chi connectivity index (χ1n) is 7.64. The third-order valence-electron chi connectivity index (χ3n) is 3.76. The van der Waals surface area contributed by atoms with Crippen LogP contribution in [0, 0.1) is 5.82 Å². The molecule has 0 amide bonds. The van der Waals surface area contributed by atoms with Gasteiger partial charge in [0.25, 0.3) is 0 Å². The number of aromatic nitrogens is 1. The van der Waals surface area contributed by atoms with Gasteiger partial charge in [0.15, 0.2) is 5.78 Å². The number of benzene rings is 2. The molecule has 0 aliphatic heterocycles. The fourth-order valence-corrected chi connectivity index (χ4v) is 2.69. The van der Waals surface area contributed by atoms with Crippen molar-refractivity contribution in [2.75, 3.05) is 6.61 Å². The molecule has 0 spiro atoms. The largest absolute Gasteiger partial charge is 0.465 e. The first-order valence-corrected chi connectivity index (χ1v) is 7.64. The zero-order valence-corrected chi connectivity index (χ0v) is 13.2. The fourth-order valence-electron chi connectivity index (χ4n) is 2.69. The number of carbonyl (C=O) groups is 2. The molecule has 0 atom stereocenters. The summed E-state index contributed by atoms with van der Waals surface area (Å²) in [6, 6.07) is 13.1. The van der Waals surface area contributed by atoms with E-state index in [1.54, 1.807) is 35.9 Å². The van der Waals surface area contributed by atoms with Crippen LogP contribution in [0.5, 0.6) is 0 Å². The molecule has 2 aromatic carbocycles. The summed E-state index contributed by atoms with van der Waals surface area (Å²) in [5.41, 5.74) is 1.10. The average Bonchev–Trinajstić information content (AvgIpc) is 2.94. The predicted molar refractivity (Wildman–Crippen MR) is 88.4 cm³/mol. The van der Waals surface area contributed by atoms with Crippen LogP contribution < -0.4 is 0 Å². The first-order chi connectivity index (χ1) is 11.6. The highest BCUT2D eigenvalue weighted by atomic mass is 19.1. The van der Waals surface area contributed by atoms with Crippen molar-refractivity contribution in [2.45, 2.75) is 13.5 Å². The number of ether oxygens (including phenoxy) is 1. The summed E-state index contributed by atoms with van der Waals surface area (Å²) >= 11 is 0. The molecular formula is C19H16FNO3. The van der Waals surface area contributed by atoms with Crippen molar-refractivity contribution in [2.24, 2.45) is 0 Å². The number of halogens is 1. The molecule has 0 bridgehead atoms. The Morgan fingerprint density at radius 2 is 1.75 bits per heavy atom. The van der Waals surface area contributed by atoms with E-state index in [2.05, 4.69) is 0 Å². The van der Waals surface area contributed by atoms with E-state index in [1.807, 2.05) is 12.1 Å². The molecule has 0 saturated carbocycles. The highest BCUT2D eigenvalue weighted by Crippen LogP contribution is 2.24. The first kappa shape index (κ1) is 15.9. The molecule has 0 aliphatic rings. The summed E-state index contributed by atoms with van der Waals surface area (Å²) in [5.74, 6) is -1.36. The van der Waals surface area contributed by atoms with Gasteiger partial charge in [0.05, 0.1) is 12.2 Å². The number of nitrogens with zero attached hydrogens (tertiary/aromatic N) is 1. The third kappa shape index (κ3) is 2.93. The molecule has 0 fully saturated rings. The van der Waals surface area contributed by atoms with Crippen LogP contribution >= 0.6 is 0 Å². The maximum atomic E-state index is 13.9. The van der Waals surface area contributed by atoms with Crippen LogP contribution in [0.2, 0.25) is 0 Å². The summed E-state index contributed by atoms with van der Waals surface area (Å²) in [6.07, 6.45) is 1.58. The zero-order valence-electron chi connectivity index (χ0n) is 13.2. The standard InChI is InChI=1S/C19H16FNO3/c1-2-24-18(22)12-21-11-15(13-7-4-6-10-17(13)21)19(23)14-8-3-5-9-16(14)20/h3-11H,2,12H2,1H3. The molecule has 0 aliphatic carbocycles. The van der Waals surface area contributed by atoms with Gasteiger partial charge in [0.1, 0.15) is 12.4 Å². The maximum Gasteiger partial charge on any atom is 0.325 e. The number of hydrogen-bond donors (Lipinski definition) is 0. The molecule has 0 unspecified atom stereocenters. The van der Waals surface area contributed by atoms with Gasteiger partial charge in [-0.3, -0.25) is 9.59 Å². The van der Waals surface area contributed by atoms with Crippen molar-refractivity contribution in [1.82, 2.24) is 4.57 Å². The molecule has 24 heavy (non-hydrogen) atoms. The van der Waals surface area contributed by atoms with Gasteiger partial charge in [-0.25, -0.2) is 4.39 Å². The van der Waals surface area contributed by atoms with E-state index in [1.165, 1.54) is 18.2 Å². The summed E-state index contributed by atoms with van der Waals surface area (Å²) in [6.45, 7) is 2.02. The van der Waals surface area contributed by atoms with Gasteiger partial charge in [0.2, 0.25) is 0 Å². The molecule has 1 aromatic heterocycles. The monoisotopic (exact) mass is 325 g/mol. The second kappa shape index (κ2) is 6.66. The topological polar surface area (TPSA) is 48.3 Å². The molecular weight excluding hydrogens is 309 g/mol. The van der Waals surface area contributed by atoms with Crippen LogP contribution in [0.1, 0.15) is 22.8 Å². The van der Waals surface area contributed by atoms with Gasteiger partial charge in [-0.1, -0.05) is 30.3 Å². The highest BCUT2D eigenvalue weighted by molar-refractivity contribution is 6.16. The van der Waals surface area contributed by atoms with E-state index in [9.17, 15) is 14.0 Å². The van der Waals surface area contributed by atoms with Gasteiger partial charge in [-0.2, -0.15) is 0 Å². The van der Waals surface area contributed by atoms with Gasteiger partial charge < -0.3 is 9.30 Å². The molecule has 3 rings (SSSR count). The van der Waals surface area contributed by atoms with Crippen LogP contribution in [0.25, 0.3) is 10.9 Å². The van der Waals surface area contributed by atoms with Crippen molar-refractivity contribution < 1.29 is 18.7 Å². The number of para-hydroxylation sites is 1. The van der Waals surface area contributed by atoms with E-state index in [0.29, 0.717) is 17.6 Å². The Hall–Kier alpha value is -2.95. The SMILES string of the molecule is CCOC(=O)Cn1cc(C(=O)c2ccccc2F)c2ccccc21. The Morgan fingerprint density at radius 1 is 1.04 bits per heavy atom. The lowest BCUT2D eigenvalue weighted by Gasteiger charge is -2.04. The molecule has 5 heteroatoms. The van der Waals surface area contributed by atoms with E-state index in [0.717, 1.165) is 5.52 Å². The number of fused-ring (bicyclic) bond motifs is 1. The second-order valence-corrected chi connectivity index (χ2v) is 5.30. The van der Waals surface area contributed by atoms with E-state index < -0.39 is 11.6 Å².